The van der Waals surface area contributed by atoms with Crippen molar-refractivity contribution in [2.75, 3.05) is 13.2 Å². The summed E-state index contributed by atoms with van der Waals surface area (Å²) in [5, 5.41) is 14.0. The van der Waals surface area contributed by atoms with Gasteiger partial charge in [-0.05, 0) is 39.5 Å². The number of carbonyl (C=O) groups is 1. The number of carbonyl (C=O) groups excluding carboxylic acids is 1. The fourth-order valence-corrected chi connectivity index (χ4v) is 4.43. The Bertz CT molecular complexity index is 826. The molecule has 0 bridgehead atoms. The van der Waals surface area contributed by atoms with Gasteiger partial charge in [-0.25, -0.2) is 9.37 Å². The summed E-state index contributed by atoms with van der Waals surface area (Å²) in [5.41, 5.74) is -1.08. The Labute approximate surface area is 168 Å². The summed E-state index contributed by atoms with van der Waals surface area (Å²) in [5.74, 6) is 0.0164. The van der Waals surface area contributed by atoms with Crippen LogP contribution in [0.4, 0.5) is 4.39 Å². The van der Waals surface area contributed by atoms with E-state index in [1.807, 2.05) is 13.0 Å². The second kappa shape index (κ2) is 8.57. The molecule has 156 valence electrons. The van der Waals surface area contributed by atoms with Crippen molar-refractivity contribution in [1.29, 1.82) is 0 Å². The monoisotopic (exact) mass is 412 g/mol. The number of hydrogen-bond acceptors (Lipinski definition) is 6. The lowest BCUT2D eigenvalue weighted by Crippen LogP contribution is -2.40. The normalized spacial score (nSPS) is 25.5. The number of nitrogens with zero attached hydrogens (tertiary/aromatic N) is 1. The quantitative estimate of drug-likeness (QED) is 0.674. The fraction of sp³-hybridized carbons (Fsp3) is 0.700. The summed E-state index contributed by atoms with van der Waals surface area (Å²) in [4.78, 5) is 15.3. The molecule has 2 aliphatic carbocycles. The first-order chi connectivity index (χ1) is 13.1. The third kappa shape index (κ3) is 5.17. The molecule has 1 aromatic rings. The number of hydrogen-bond donors (Lipinski definition) is 2. The van der Waals surface area contributed by atoms with Gasteiger partial charge in [0.15, 0.2) is 0 Å². The molecule has 0 saturated heterocycles. The van der Waals surface area contributed by atoms with Gasteiger partial charge in [-0.1, -0.05) is 6.08 Å². The standard InChI is InChI=1S/C20H29FN2O4S/c1-11(22-12(2)24)9-26-14-7-13(8-14)10-27-16-6-5-15-18(17(16)21)28-19(23-15)20(3,4)25/h5,11,13-14,16,25H,6-10H2,1-4H3,(H,22,24)/t11-,13-,14-,16?/m0/s1. The average molecular weight is 413 g/mol. The van der Waals surface area contributed by atoms with Crippen LogP contribution in [-0.4, -0.2) is 47.5 Å². The van der Waals surface area contributed by atoms with Crippen LogP contribution in [0.25, 0.3) is 11.9 Å². The highest BCUT2D eigenvalue weighted by molar-refractivity contribution is 7.09. The van der Waals surface area contributed by atoms with Gasteiger partial charge < -0.3 is 19.9 Å². The van der Waals surface area contributed by atoms with Crippen molar-refractivity contribution >= 4 is 29.1 Å². The number of fused-ring (bicyclic) bond motifs is 1. The van der Waals surface area contributed by atoms with Crippen LogP contribution in [0, 0.1) is 5.92 Å². The number of aromatic nitrogens is 1. The van der Waals surface area contributed by atoms with Gasteiger partial charge in [0.05, 0.1) is 29.2 Å². The first kappa shape index (κ1) is 21.4. The lowest BCUT2D eigenvalue weighted by molar-refractivity contribution is -0.120. The summed E-state index contributed by atoms with van der Waals surface area (Å²) in [6.45, 7) is 7.70. The molecule has 1 heterocycles. The Balaban J connectivity index is 1.46. The van der Waals surface area contributed by atoms with Gasteiger partial charge in [0.25, 0.3) is 0 Å². The lowest BCUT2D eigenvalue weighted by atomic mass is 9.83. The number of thiazole rings is 1. The van der Waals surface area contributed by atoms with Gasteiger partial charge in [-0.15, -0.1) is 11.3 Å². The maximum atomic E-state index is 14.8. The highest BCUT2D eigenvalue weighted by atomic mass is 32.1. The minimum absolute atomic E-state index is 0.00309. The van der Waals surface area contributed by atoms with Crippen LogP contribution in [-0.2, 0) is 19.9 Å². The molecule has 1 fully saturated rings. The van der Waals surface area contributed by atoms with E-state index in [0.29, 0.717) is 40.4 Å². The molecule has 1 aromatic heterocycles. The zero-order valence-corrected chi connectivity index (χ0v) is 17.6. The lowest BCUT2D eigenvalue weighted by Gasteiger charge is -2.36. The molecule has 3 rings (SSSR count). The first-order valence-electron chi connectivity index (χ1n) is 9.73. The van der Waals surface area contributed by atoms with E-state index in [1.54, 1.807) is 13.8 Å². The molecular formula is C20H29FN2O4S. The van der Waals surface area contributed by atoms with Crippen molar-refractivity contribution in [1.82, 2.24) is 10.3 Å². The highest BCUT2D eigenvalue weighted by Crippen LogP contribution is 2.31. The molecule has 0 aromatic carbocycles. The van der Waals surface area contributed by atoms with E-state index >= 15 is 0 Å². The predicted molar refractivity (Wildman–Crippen MR) is 106 cm³/mol. The fourth-order valence-electron chi connectivity index (χ4n) is 3.38. The molecular weight excluding hydrogens is 383 g/mol. The maximum absolute atomic E-state index is 14.8. The van der Waals surface area contributed by atoms with E-state index in [9.17, 15) is 14.3 Å². The third-order valence-corrected chi connectivity index (χ3v) is 6.35. The van der Waals surface area contributed by atoms with E-state index in [0.717, 1.165) is 12.8 Å². The molecule has 8 heteroatoms. The molecule has 28 heavy (non-hydrogen) atoms. The van der Waals surface area contributed by atoms with E-state index in [2.05, 4.69) is 10.3 Å². The molecule has 2 atom stereocenters. The minimum atomic E-state index is -1.08. The Kier molecular flexibility index (Phi) is 6.54. The van der Waals surface area contributed by atoms with Crippen molar-refractivity contribution < 1.29 is 23.8 Å². The molecule has 1 unspecified atom stereocenters. The molecule has 1 amide bonds. The molecule has 0 aliphatic heterocycles. The highest BCUT2D eigenvalue weighted by Gasteiger charge is 2.32. The van der Waals surface area contributed by atoms with Gasteiger partial charge >= 0.3 is 0 Å². The van der Waals surface area contributed by atoms with Crippen LogP contribution in [0.15, 0.2) is 0 Å². The van der Waals surface area contributed by atoms with Crippen molar-refractivity contribution in [2.45, 2.75) is 70.8 Å². The second-order valence-corrected chi connectivity index (χ2v) is 9.30. The van der Waals surface area contributed by atoms with E-state index in [-0.39, 0.29) is 23.9 Å². The summed E-state index contributed by atoms with van der Waals surface area (Å²) in [6.07, 6.45) is 3.71. The van der Waals surface area contributed by atoms with Crippen LogP contribution in [0.2, 0.25) is 0 Å². The van der Waals surface area contributed by atoms with Gasteiger partial charge in [0, 0.05) is 19.4 Å². The van der Waals surface area contributed by atoms with Crippen LogP contribution in [0.1, 0.15) is 52.0 Å². The second-order valence-electron chi connectivity index (χ2n) is 8.30. The van der Waals surface area contributed by atoms with Crippen LogP contribution >= 0.6 is 11.3 Å². The van der Waals surface area contributed by atoms with E-state index < -0.39 is 11.7 Å². The zero-order valence-electron chi connectivity index (χ0n) is 16.8. The van der Waals surface area contributed by atoms with Crippen LogP contribution < -0.4 is 15.2 Å². The third-order valence-electron chi connectivity index (χ3n) is 4.96. The molecule has 0 radical (unpaired) electrons. The number of nitrogens with one attached hydrogen (secondary N) is 1. The predicted octanol–water partition coefficient (Wildman–Crippen LogP) is 1.34. The topological polar surface area (TPSA) is 80.7 Å². The molecule has 1 saturated carbocycles. The maximum Gasteiger partial charge on any atom is 0.217 e. The van der Waals surface area contributed by atoms with E-state index in [1.165, 1.54) is 18.3 Å². The van der Waals surface area contributed by atoms with Gasteiger partial charge in [0.2, 0.25) is 5.91 Å². The van der Waals surface area contributed by atoms with Crippen molar-refractivity contribution in [2.24, 2.45) is 5.92 Å². The average Bonchev–Trinajstić information content (AvgIpc) is 2.99. The molecule has 6 nitrogen and oxygen atoms in total. The Morgan fingerprint density at radius 2 is 2.18 bits per heavy atom. The molecule has 2 aliphatic rings. The largest absolute Gasteiger partial charge is 0.383 e. The number of aliphatic hydroxyl groups is 1. The Morgan fingerprint density at radius 3 is 2.82 bits per heavy atom. The van der Waals surface area contributed by atoms with Gasteiger partial charge in [0.1, 0.15) is 22.5 Å². The van der Waals surface area contributed by atoms with Crippen LogP contribution in [0.5, 0.6) is 0 Å². The number of ether oxygens (including phenoxy) is 2. The SMILES string of the molecule is CC(=O)N[C@@H](C)CO[C@H]1C[C@H](COC2CC=c3nc(C(C)(C)O)sc3=C2F)C1. The van der Waals surface area contributed by atoms with Crippen molar-refractivity contribution in [3.63, 3.8) is 0 Å². The summed E-state index contributed by atoms with van der Waals surface area (Å²) < 4.78 is 26.9. The summed E-state index contributed by atoms with van der Waals surface area (Å²) in [6, 6.07) is -0.00309. The van der Waals surface area contributed by atoms with Crippen molar-refractivity contribution in [3.05, 3.63) is 14.9 Å². The summed E-state index contributed by atoms with van der Waals surface area (Å²) in [7, 11) is 0. The van der Waals surface area contributed by atoms with Crippen LogP contribution in [0.3, 0.4) is 0 Å². The Morgan fingerprint density at radius 1 is 1.46 bits per heavy atom. The number of halogens is 1. The minimum Gasteiger partial charge on any atom is -0.383 e. The molecule has 0 spiro atoms. The van der Waals surface area contributed by atoms with Gasteiger partial charge in [-0.3, -0.25) is 4.79 Å². The zero-order chi connectivity index (χ0) is 20.5. The van der Waals surface area contributed by atoms with Crippen molar-refractivity contribution in [3.8, 4) is 0 Å². The van der Waals surface area contributed by atoms with E-state index in [4.69, 9.17) is 9.47 Å². The van der Waals surface area contributed by atoms with Gasteiger partial charge in [-0.2, -0.15) is 0 Å². The Hall–Kier alpha value is -1.35. The first-order valence-corrected chi connectivity index (χ1v) is 10.5. The number of rotatable bonds is 8. The molecule has 2 N–H and O–H groups in total. The summed E-state index contributed by atoms with van der Waals surface area (Å²) >= 11 is 1.19. The smallest absolute Gasteiger partial charge is 0.217 e. The number of amides is 1.